The molecular formula is C23H29IN2O3. The first-order valence-corrected chi connectivity index (χ1v) is 10.7. The molecule has 0 unspecified atom stereocenters. The summed E-state index contributed by atoms with van der Waals surface area (Å²) in [5.41, 5.74) is 1.71. The Kier molecular flexibility index (Phi) is 8.07. The number of carbonyl (C=O) groups is 2. The highest BCUT2D eigenvalue weighted by atomic mass is 127. The monoisotopic (exact) mass is 508 g/mol. The lowest BCUT2D eigenvalue weighted by atomic mass is 10.1. The van der Waals surface area contributed by atoms with Crippen molar-refractivity contribution in [3.63, 3.8) is 0 Å². The summed E-state index contributed by atoms with van der Waals surface area (Å²) in [6.07, 6.45) is 0. The van der Waals surface area contributed by atoms with Crippen LogP contribution in [0.2, 0.25) is 0 Å². The van der Waals surface area contributed by atoms with Gasteiger partial charge >= 0.3 is 0 Å². The third kappa shape index (κ3) is 7.34. The van der Waals surface area contributed by atoms with E-state index in [2.05, 4.69) is 27.9 Å². The molecule has 0 radical (unpaired) electrons. The normalized spacial score (nSPS) is 12.2. The Hall–Kier alpha value is -2.09. The summed E-state index contributed by atoms with van der Waals surface area (Å²) in [6.45, 7) is 9.74. The predicted octanol–water partition coefficient (Wildman–Crippen LogP) is 4.31. The van der Waals surface area contributed by atoms with Gasteiger partial charge in [0.1, 0.15) is 11.8 Å². The average Bonchev–Trinajstić information content (AvgIpc) is 2.65. The molecular weight excluding hydrogens is 479 g/mol. The second-order valence-corrected chi connectivity index (χ2v) is 9.35. The number of nitrogens with one attached hydrogen (secondary N) is 1. The van der Waals surface area contributed by atoms with Gasteiger partial charge in [-0.2, -0.15) is 0 Å². The number of carbonyl (C=O) groups excluding carboxylic acids is 2. The third-order valence-corrected chi connectivity index (χ3v) is 5.16. The molecule has 0 aliphatic rings. The first-order valence-electron chi connectivity index (χ1n) is 9.61. The number of rotatable bonds is 7. The van der Waals surface area contributed by atoms with Crippen molar-refractivity contribution in [2.24, 2.45) is 0 Å². The lowest BCUT2D eigenvalue weighted by Gasteiger charge is -2.31. The zero-order valence-corrected chi connectivity index (χ0v) is 19.8. The van der Waals surface area contributed by atoms with Gasteiger partial charge in [-0.05, 0) is 92.6 Å². The van der Waals surface area contributed by atoms with Gasteiger partial charge in [-0.15, -0.1) is 0 Å². The van der Waals surface area contributed by atoms with Gasteiger partial charge in [-0.3, -0.25) is 9.59 Å². The molecule has 0 saturated carbocycles. The molecule has 0 fully saturated rings. The Labute approximate surface area is 187 Å². The molecule has 0 spiro atoms. The smallest absolute Gasteiger partial charge is 0.261 e. The summed E-state index contributed by atoms with van der Waals surface area (Å²) in [5, 5.41) is 2.96. The molecule has 0 aliphatic carbocycles. The maximum absolute atomic E-state index is 13.0. The topological polar surface area (TPSA) is 58.6 Å². The van der Waals surface area contributed by atoms with Crippen LogP contribution in [0.25, 0.3) is 0 Å². The van der Waals surface area contributed by atoms with E-state index in [1.165, 1.54) is 0 Å². The zero-order valence-electron chi connectivity index (χ0n) is 17.7. The van der Waals surface area contributed by atoms with Crippen LogP contribution in [0.1, 0.15) is 38.8 Å². The van der Waals surface area contributed by atoms with Crippen molar-refractivity contribution in [1.82, 2.24) is 10.2 Å². The first kappa shape index (κ1) is 23.2. The number of ether oxygens (including phenoxy) is 1. The van der Waals surface area contributed by atoms with E-state index in [1.54, 1.807) is 11.8 Å². The fraction of sp³-hybridized carbons (Fsp3) is 0.391. The summed E-state index contributed by atoms with van der Waals surface area (Å²) < 4.78 is 6.77. The van der Waals surface area contributed by atoms with Crippen LogP contribution in [0.5, 0.6) is 5.75 Å². The number of nitrogens with zero attached hydrogens (tertiary/aromatic N) is 1. The molecule has 5 nitrogen and oxygen atoms in total. The zero-order chi connectivity index (χ0) is 21.6. The molecule has 2 aromatic carbocycles. The van der Waals surface area contributed by atoms with Crippen molar-refractivity contribution in [3.05, 3.63) is 63.2 Å². The van der Waals surface area contributed by atoms with E-state index in [0.29, 0.717) is 12.3 Å². The summed E-state index contributed by atoms with van der Waals surface area (Å²) in [7, 11) is 0. The fourth-order valence-corrected chi connectivity index (χ4v) is 3.15. The van der Waals surface area contributed by atoms with Gasteiger partial charge in [0, 0.05) is 15.7 Å². The molecule has 2 amide bonds. The van der Waals surface area contributed by atoms with Crippen LogP contribution in [0.3, 0.4) is 0 Å². The van der Waals surface area contributed by atoms with Crippen LogP contribution in [0.4, 0.5) is 0 Å². The van der Waals surface area contributed by atoms with Crippen LogP contribution in [0.15, 0.2) is 48.5 Å². The molecule has 0 saturated heterocycles. The minimum absolute atomic E-state index is 0.125. The lowest BCUT2D eigenvalue weighted by Crippen LogP contribution is -2.53. The molecule has 1 N–H and O–H groups in total. The van der Waals surface area contributed by atoms with Crippen molar-refractivity contribution >= 4 is 34.4 Å². The second-order valence-electron chi connectivity index (χ2n) is 8.11. The molecule has 29 heavy (non-hydrogen) atoms. The van der Waals surface area contributed by atoms with Crippen molar-refractivity contribution in [2.45, 2.75) is 52.7 Å². The first-order chi connectivity index (χ1) is 13.6. The number of benzene rings is 2. The Morgan fingerprint density at radius 3 is 2.31 bits per heavy atom. The highest BCUT2D eigenvalue weighted by Gasteiger charge is 2.28. The van der Waals surface area contributed by atoms with Gasteiger partial charge in [0.25, 0.3) is 5.91 Å². The highest BCUT2D eigenvalue weighted by molar-refractivity contribution is 14.1. The highest BCUT2D eigenvalue weighted by Crippen LogP contribution is 2.16. The van der Waals surface area contributed by atoms with E-state index >= 15 is 0 Å². The Morgan fingerprint density at radius 2 is 1.72 bits per heavy atom. The predicted molar refractivity (Wildman–Crippen MR) is 124 cm³/mol. The van der Waals surface area contributed by atoms with Gasteiger partial charge < -0.3 is 15.0 Å². The SMILES string of the molecule is Cc1ccccc1CN(C(=O)COc1ccc(I)cc1)[C@H](C)C(=O)NC(C)(C)C. The Bertz CT molecular complexity index is 844. The number of hydrogen-bond acceptors (Lipinski definition) is 3. The molecule has 1 atom stereocenters. The van der Waals surface area contributed by atoms with E-state index < -0.39 is 6.04 Å². The largest absolute Gasteiger partial charge is 0.484 e. The molecule has 0 heterocycles. The van der Waals surface area contributed by atoms with E-state index in [4.69, 9.17) is 4.74 Å². The van der Waals surface area contributed by atoms with Crippen LogP contribution in [0, 0.1) is 10.5 Å². The van der Waals surface area contributed by atoms with E-state index in [-0.39, 0.29) is 24.0 Å². The molecule has 0 bridgehead atoms. The number of halogens is 1. The van der Waals surface area contributed by atoms with E-state index in [1.807, 2.05) is 76.2 Å². The standard InChI is InChI=1S/C23H29IN2O3/c1-16-8-6-7-9-18(16)14-26(17(2)22(28)25-23(3,4)5)21(27)15-29-20-12-10-19(24)11-13-20/h6-13,17H,14-15H2,1-5H3,(H,25,28)/t17-/m1/s1. The molecule has 6 heteroatoms. The van der Waals surface area contributed by atoms with Gasteiger partial charge in [0.15, 0.2) is 6.61 Å². The van der Waals surface area contributed by atoms with Gasteiger partial charge in [-0.1, -0.05) is 24.3 Å². The second kappa shape index (κ2) is 10.1. The number of amides is 2. The summed E-state index contributed by atoms with van der Waals surface area (Å²) >= 11 is 2.22. The molecule has 0 aliphatic heterocycles. The molecule has 2 aromatic rings. The molecule has 2 rings (SSSR count). The number of aryl methyl sites for hydroxylation is 1. The third-order valence-electron chi connectivity index (χ3n) is 4.44. The van der Waals surface area contributed by atoms with Crippen LogP contribution >= 0.6 is 22.6 Å². The minimum Gasteiger partial charge on any atom is -0.484 e. The molecule has 156 valence electrons. The maximum atomic E-state index is 13.0. The van der Waals surface area contributed by atoms with Gasteiger partial charge in [-0.25, -0.2) is 0 Å². The van der Waals surface area contributed by atoms with E-state index in [9.17, 15) is 9.59 Å². The summed E-state index contributed by atoms with van der Waals surface area (Å²) in [6, 6.07) is 14.8. The van der Waals surface area contributed by atoms with Crippen molar-refractivity contribution in [2.75, 3.05) is 6.61 Å². The fourth-order valence-electron chi connectivity index (χ4n) is 2.79. The average molecular weight is 508 g/mol. The van der Waals surface area contributed by atoms with Crippen molar-refractivity contribution in [3.8, 4) is 5.75 Å². The Balaban J connectivity index is 2.18. The van der Waals surface area contributed by atoms with Gasteiger partial charge in [0.2, 0.25) is 5.91 Å². The minimum atomic E-state index is -0.623. The number of hydrogen-bond donors (Lipinski definition) is 1. The van der Waals surface area contributed by atoms with Crippen LogP contribution in [-0.2, 0) is 16.1 Å². The Morgan fingerprint density at radius 1 is 1.10 bits per heavy atom. The summed E-state index contributed by atoms with van der Waals surface area (Å²) in [5.74, 6) is 0.207. The van der Waals surface area contributed by atoms with Crippen LogP contribution in [-0.4, -0.2) is 34.9 Å². The quantitative estimate of drug-likeness (QED) is 0.568. The van der Waals surface area contributed by atoms with Gasteiger partial charge in [0.05, 0.1) is 0 Å². The lowest BCUT2D eigenvalue weighted by molar-refractivity contribution is -0.142. The van der Waals surface area contributed by atoms with Crippen molar-refractivity contribution in [1.29, 1.82) is 0 Å². The maximum Gasteiger partial charge on any atom is 0.261 e. The molecule has 0 aromatic heterocycles. The van der Waals surface area contributed by atoms with Crippen LogP contribution < -0.4 is 10.1 Å². The van der Waals surface area contributed by atoms with E-state index in [0.717, 1.165) is 14.7 Å². The van der Waals surface area contributed by atoms with Crippen molar-refractivity contribution < 1.29 is 14.3 Å². The summed E-state index contributed by atoms with van der Waals surface area (Å²) in [4.78, 5) is 27.4.